The van der Waals surface area contributed by atoms with Gasteiger partial charge in [-0.3, -0.25) is 19.2 Å². The van der Waals surface area contributed by atoms with E-state index in [9.17, 15) is 0 Å². The summed E-state index contributed by atoms with van der Waals surface area (Å²) in [6, 6.07) is 11.3. The Morgan fingerprint density at radius 2 is 1.86 bits per heavy atom. The zero-order valence-electron chi connectivity index (χ0n) is 21.8. The van der Waals surface area contributed by atoms with Crippen LogP contribution in [-0.2, 0) is 24.2 Å². The van der Waals surface area contributed by atoms with Gasteiger partial charge in [0.1, 0.15) is 11.5 Å². The molecule has 192 valence electrons. The standard InChI is InChI=1S/C28H39N7O/c1-31-12-14-34(15-13-31)27-10-4-9-26-30-23(25(35(26)27)21-33-16-18-36-19-17-33)20-32(2)24-8-3-6-22-7-5-11-29-28(22)24/h4-5,7,9-11,24H,3,6,8,12-21H2,1-2H3/t24-/m0/s1. The second kappa shape index (κ2) is 10.5. The van der Waals surface area contributed by atoms with Crippen molar-refractivity contribution in [3.8, 4) is 0 Å². The number of hydrogen-bond donors (Lipinski definition) is 0. The van der Waals surface area contributed by atoms with E-state index in [2.05, 4.69) is 68.4 Å². The van der Waals surface area contributed by atoms with Crippen molar-refractivity contribution < 1.29 is 4.74 Å². The zero-order chi connectivity index (χ0) is 24.5. The molecular weight excluding hydrogens is 450 g/mol. The van der Waals surface area contributed by atoms with Gasteiger partial charge in [-0.1, -0.05) is 12.1 Å². The predicted octanol–water partition coefficient (Wildman–Crippen LogP) is 2.82. The molecule has 1 aliphatic carbocycles. The minimum absolute atomic E-state index is 0.341. The number of pyridine rings is 2. The molecule has 0 amide bonds. The molecule has 5 heterocycles. The molecule has 6 rings (SSSR count). The minimum atomic E-state index is 0.341. The Kier molecular flexibility index (Phi) is 6.93. The number of hydrogen-bond acceptors (Lipinski definition) is 7. The zero-order valence-corrected chi connectivity index (χ0v) is 21.8. The third-order valence-corrected chi connectivity index (χ3v) is 8.20. The van der Waals surface area contributed by atoms with Crippen LogP contribution in [0.1, 0.15) is 41.5 Å². The average Bonchev–Trinajstić information content (AvgIpc) is 3.26. The summed E-state index contributed by atoms with van der Waals surface area (Å²) in [6.07, 6.45) is 5.45. The van der Waals surface area contributed by atoms with E-state index in [4.69, 9.17) is 14.7 Å². The normalized spacial score (nSPS) is 21.9. The molecule has 8 heteroatoms. The van der Waals surface area contributed by atoms with Gasteiger partial charge in [-0.05, 0) is 57.1 Å². The molecule has 0 bridgehead atoms. The number of likely N-dealkylation sites (N-methyl/N-ethyl adjacent to an activating group) is 1. The summed E-state index contributed by atoms with van der Waals surface area (Å²) < 4.78 is 8.09. The Labute approximate surface area is 214 Å². The van der Waals surface area contributed by atoms with Crippen molar-refractivity contribution in [3.63, 3.8) is 0 Å². The molecule has 0 radical (unpaired) electrons. The SMILES string of the molecule is CN1CCN(c2cccc3nc(CN(C)[C@H]4CCCc5cccnc54)c(CN4CCOCC4)n23)CC1. The number of aryl methyl sites for hydroxylation is 1. The minimum Gasteiger partial charge on any atom is -0.379 e. The molecule has 2 fully saturated rings. The van der Waals surface area contributed by atoms with Gasteiger partial charge in [0, 0.05) is 58.6 Å². The van der Waals surface area contributed by atoms with E-state index in [1.54, 1.807) is 0 Å². The van der Waals surface area contributed by atoms with Crippen LogP contribution in [0.25, 0.3) is 5.65 Å². The van der Waals surface area contributed by atoms with Crippen molar-refractivity contribution in [1.29, 1.82) is 0 Å². The highest BCUT2D eigenvalue weighted by Gasteiger charge is 2.28. The molecule has 1 atom stereocenters. The molecule has 2 saturated heterocycles. The highest BCUT2D eigenvalue weighted by atomic mass is 16.5. The monoisotopic (exact) mass is 489 g/mol. The number of imidazole rings is 1. The van der Waals surface area contributed by atoms with E-state index in [1.807, 2.05) is 6.20 Å². The first-order valence-electron chi connectivity index (χ1n) is 13.5. The summed E-state index contributed by atoms with van der Waals surface area (Å²) in [6.45, 7) is 9.56. The second-order valence-electron chi connectivity index (χ2n) is 10.6. The van der Waals surface area contributed by atoms with Gasteiger partial charge in [-0.25, -0.2) is 4.98 Å². The molecule has 3 aliphatic rings. The molecule has 3 aromatic rings. The van der Waals surface area contributed by atoms with Crippen LogP contribution >= 0.6 is 0 Å². The van der Waals surface area contributed by atoms with E-state index in [-0.39, 0.29) is 0 Å². The maximum atomic E-state index is 5.65. The Morgan fingerprint density at radius 1 is 1.03 bits per heavy atom. The fourth-order valence-electron chi connectivity index (χ4n) is 6.08. The van der Waals surface area contributed by atoms with E-state index in [0.29, 0.717) is 6.04 Å². The van der Waals surface area contributed by atoms with Crippen molar-refractivity contribution in [2.24, 2.45) is 0 Å². The highest BCUT2D eigenvalue weighted by Crippen LogP contribution is 2.33. The smallest absolute Gasteiger partial charge is 0.138 e. The topological polar surface area (TPSA) is 52.4 Å². The van der Waals surface area contributed by atoms with Gasteiger partial charge >= 0.3 is 0 Å². The van der Waals surface area contributed by atoms with Gasteiger partial charge in [-0.2, -0.15) is 0 Å². The van der Waals surface area contributed by atoms with Gasteiger partial charge in [-0.15, -0.1) is 0 Å². The van der Waals surface area contributed by atoms with Crippen molar-refractivity contribution >= 4 is 11.5 Å². The third kappa shape index (κ3) is 4.75. The molecule has 8 nitrogen and oxygen atoms in total. The van der Waals surface area contributed by atoms with Crippen molar-refractivity contribution in [1.82, 2.24) is 29.1 Å². The summed E-state index contributed by atoms with van der Waals surface area (Å²) in [4.78, 5) is 20.0. The van der Waals surface area contributed by atoms with Crippen LogP contribution in [-0.4, -0.2) is 95.6 Å². The van der Waals surface area contributed by atoms with Gasteiger partial charge < -0.3 is 14.5 Å². The van der Waals surface area contributed by atoms with E-state index < -0.39 is 0 Å². The van der Waals surface area contributed by atoms with Crippen LogP contribution in [0.3, 0.4) is 0 Å². The van der Waals surface area contributed by atoms with E-state index in [0.717, 1.165) is 84.1 Å². The largest absolute Gasteiger partial charge is 0.379 e. The molecule has 2 aliphatic heterocycles. The maximum absolute atomic E-state index is 5.65. The molecule has 3 aromatic heterocycles. The summed E-state index contributed by atoms with van der Waals surface area (Å²) in [5, 5.41) is 0. The fourth-order valence-corrected chi connectivity index (χ4v) is 6.08. The first kappa shape index (κ1) is 23.9. The van der Waals surface area contributed by atoms with Crippen LogP contribution in [0.4, 0.5) is 5.82 Å². The number of morpholine rings is 1. The summed E-state index contributed by atoms with van der Waals surface area (Å²) in [5.74, 6) is 1.27. The number of piperazine rings is 1. The van der Waals surface area contributed by atoms with Gasteiger partial charge in [0.2, 0.25) is 0 Å². The number of fused-ring (bicyclic) bond motifs is 2. The highest BCUT2D eigenvalue weighted by molar-refractivity contribution is 5.55. The average molecular weight is 490 g/mol. The van der Waals surface area contributed by atoms with Crippen LogP contribution in [0.15, 0.2) is 36.5 Å². The number of rotatable bonds is 6. The Balaban J connectivity index is 1.36. The number of anilines is 1. The molecule has 0 unspecified atom stereocenters. The van der Waals surface area contributed by atoms with E-state index >= 15 is 0 Å². The summed E-state index contributed by atoms with van der Waals surface area (Å²) in [7, 11) is 4.46. The quantitative estimate of drug-likeness (QED) is 0.528. The van der Waals surface area contributed by atoms with Gasteiger partial charge in [0.15, 0.2) is 0 Å². The number of aromatic nitrogens is 3. The Morgan fingerprint density at radius 3 is 2.69 bits per heavy atom. The van der Waals surface area contributed by atoms with Gasteiger partial charge in [0.25, 0.3) is 0 Å². The number of ether oxygens (including phenoxy) is 1. The lowest BCUT2D eigenvalue weighted by Gasteiger charge is -2.35. The van der Waals surface area contributed by atoms with E-state index in [1.165, 1.54) is 34.9 Å². The van der Waals surface area contributed by atoms with Crippen LogP contribution in [0, 0.1) is 0 Å². The molecule has 36 heavy (non-hydrogen) atoms. The van der Waals surface area contributed by atoms with Crippen molar-refractivity contribution in [2.45, 2.75) is 38.4 Å². The molecular formula is C28H39N7O. The lowest BCUT2D eigenvalue weighted by atomic mass is 9.91. The fraction of sp³-hybridized carbons (Fsp3) is 0.571. The van der Waals surface area contributed by atoms with Crippen LogP contribution < -0.4 is 4.90 Å². The Hall–Kier alpha value is -2.52. The maximum Gasteiger partial charge on any atom is 0.138 e. The second-order valence-corrected chi connectivity index (χ2v) is 10.6. The first-order valence-corrected chi connectivity index (χ1v) is 13.5. The third-order valence-electron chi connectivity index (χ3n) is 8.20. The summed E-state index contributed by atoms with van der Waals surface area (Å²) >= 11 is 0. The van der Waals surface area contributed by atoms with Crippen LogP contribution in [0.5, 0.6) is 0 Å². The van der Waals surface area contributed by atoms with Crippen molar-refractivity contribution in [3.05, 3.63) is 59.2 Å². The lowest BCUT2D eigenvalue weighted by molar-refractivity contribution is 0.0333. The molecule has 0 N–H and O–H groups in total. The van der Waals surface area contributed by atoms with Crippen LogP contribution in [0.2, 0.25) is 0 Å². The van der Waals surface area contributed by atoms with Gasteiger partial charge in [0.05, 0.1) is 36.3 Å². The van der Waals surface area contributed by atoms with Crippen molar-refractivity contribution in [2.75, 3.05) is 71.5 Å². The predicted molar refractivity (Wildman–Crippen MR) is 142 cm³/mol. The number of nitrogens with zero attached hydrogens (tertiary/aromatic N) is 7. The first-order chi connectivity index (χ1) is 17.7. The molecule has 0 spiro atoms. The summed E-state index contributed by atoms with van der Waals surface area (Å²) in [5.41, 5.74) is 6.23. The lowest BCUT2D eigenvalue weighted by Crippen LogP contribution is -2.45. The molecule has 0 saturated carbocycles. The Bertz CT molecular complexity index is 1180. The molecule has 0 aromatic carbocycles.